The van der Waals surface area contributed by atoms with Crippen molar-refractivity contribution in [3.05, 3.63) is 95.4 Å². The van der Waals surface area contributed by atoms with Gasteiger partial charge in [0.05, 0.1) is 11.4 Å². The van der Waals surface area contributed by atoms with Crippen LogP contribution in [-0.2, 0) is 24.8 Å². The number of benzene rings is 2. The van der Waals surface area contributed by atoms with E-state index in [1.165, 1.54) is 6.08 Å². The van der Waals surface area contributed by atoms with Crippen LogP contribution in [0.25, 0.3) is 0 Å². The highest BCUT2D eigenvalue weighted by molar-refractivity contribution is 6.32. The fourth-order valence-electron chi connectivity index (χ4n) is 4.32. The number of amides is 3. The zero-order valence-corrected chi connectivity index (χ0v) is 22.3. The van der Waals surface area contributed by atoms with Gasteiger partial charge in [-0.25, -0.2) is 14.7 Å². The van der Waals surface area contributed by atoms with Gasteiger partial charge in [-0.05, 0) is 43.2 Å². The molecule has 0 atom stereocenters. The van der Waals surface area contributed by atoms with Crippen LogP contribution in [0.3, 0.4) is 0 Å². The molecular weight excluding hydrogens is 516 g/mol. The maximum atomic E-state index is 14.1. The number of nitrogens with one attached hydrogen (secondary N) is 2. The Morgan fingerprint density at radius 2 is 1.97 bits per heavy atom. The van der Waals surface area contributed by atoms with Crippen LogP contribution in [0.1, 0.15) is 18.1 Å². The van der Waals surface area contributed by atoms with E-state index < -0.39 is 0 Å². The van der Waals surface area contributed by atoms with E-state index in [9.17, 15) is 9.59 Å². The van der Waals surface area contributed by atoms with Crippen LogP contribution < -0.4 is 15.5 Å². The second-order valence-corrected chi connectivity index (χ2v) is 9.35. The van der Waals surface area contributed by atoms with Gasteiger partial charge in [-0.3, -0.25) is 9.48 Å². The van der Waals surface area contributed by atoms with E-state index in [4.69, 9.17) is 16.6 Å². The van der Waals surface area contributed by atoms with Crippen LogP contribution in [0.2, 0.25) is 5.15 Å². The Hall–Kier alpha value is -4.70. The first-order chi connectivity index (χ1) is 18.9. The zero-order valence-electron chi connectivity index (χ0n) is 21.5. The maximum Gasteiger partial charge on any atom is 0.330 e. The van der Waals surface area contributed by atoms with Gasteiger partial charge in [0.1, 0.15) is 5.82 Å². The number of hydrogen-bond acceptors (Lipinski definition) is 6. The van der Waals surface area contributed by atoms with Gasteiger partial charge in [-0.2, -0.15) is 10.1 Å². The average molecular weight is 543 g/mol. The largest absolute Gasteiger partial charge is 0.330 e. The van der Waals surface area contributed by atoms with Crippen molar-refractivity contribution in [1.82, 2.24) is 24.6 Å². The summed E-state index contributed by atoms with van der Waals surface area (Å²) in [5, 5.41) is 10.3. The second kappa shape index (κ2) is 11.4. The molecule has 10 nitrogen and oxygen atoms in total. The fraction of sp³-hybridized carbons (Fsp3) is 0.179. The minimum absolute atomic E-state index is 0.237. The van der Waals surface area contributed by atoms with Crippen molar-refractivity contribution in [3.63, 3.8) is 0 Å². The number of carbonyl (C=O) groups is 2. The third-order valence-corrected chi connectivity index (χ3v) is 6.38. The molecule has 2 aromatic heterocycles. The highest BCUT2D eigenvalue weighted by Gasteiger charge is 2.31. The molecule has 0 radical (unpaired) electrons. The van der Waals surface area contributed by atoms with E-state index in [2.05, 4.69) is 20.7 Å². The summed E-state index contributed by atoms with van der Waals surface area (Å²) in [5.74, 6) is 0.464. The van der Waals surface area contributed by atoms with Crippen molar-refractivity contribution >= 4 is 52.4 Å². The molecular formula is C28H27ClN8O2. The van der Waals surface area contributed by atoms with Gasteiger partial charge < -0.3 is 15.5 Å². The monoisotopic (exact) mass is 542 g/mol. The smallest absolute Gasteiger partial charge is 0.322 e. The Kier molecular flexibility index (Phi) is 7.55. The minimum Gasteiger partial charge on any atom is -0.322 e. The van der Waals surface area contributed by atoms with Crippen LogP contribution in [0, 0.1) is 0 Å². The molecule has 0 saturated heterocycles. The first-order valence-corrected chi connectivity index (χ1v) is 12.8. The molecule has 2 aromatic carbocycles. The number of carbonyl (C=O) groups excluding carboxylic acids is 2. The highest BCUT2D eigenvalue weighted by atomic mass is 35.5. The number of aryl methyl sites for hydroxylation is 1. The van der Waals surface area contributed by atoms with Crippen molar-refractivity contribution in [2.45, 2.75) is 19.9 Å². The minimum atomic E-state index is -0.259. The predicted octanol–water partition coefficient (Wildman–Crippen LogP) is 5.44. The number of aromatic nitrogens is 4. The number of rotatable bonds is 7. The van der Waals surface area contributed by atoms with E-state index in [1.54, 1.807) is 65.1 Å². The summed E-state index contributed by atoms with van der Waals surface area (Å²) in [4.78, 5) is 38.9. The number of nitrogens with zero attached hydrogens (tertiary/aromatic N) is 6. The molecule has 0 saturated carbocycles. The van der Waals surface area contributed by atoms with Gasteiger partial charge in [-0.15, -0.1) is 0 Å². The highest BCUT2D eigenvalue weighted by Crippen LogP contribution is 2.34. The summed E-state index contributed by atoms with van der Waals surface area (Å²) in [6.45, 7) is 2.69. The molecule has 198 valence electrons. The first-order valence-electron chi connectivity index (χ1n) is 12.4. The molecule has 3 heterocycles. The first kappa shape index (κ1) is 25.9. The van der Waals surface area contributed by atoms with Crippen molar-refractivity contribution < 1.29 is 9.59 Å². The number of fused-ring (bicyclic) bond motifs is 1. The molecule has 0 bridgehead atoms. The maximum absolute atomic E-state index is 14.1. The zero-order chi connectivity index (χ0) is 27.4. The van der Waals surface area contributed by atoms with Crippen molar-refractivity contribution in [3.8, 4) is 0 Å². The number of allylic oxidation sites excluding steroid dienone is 1. The third kappa shape index (κ3) is 5.91. The van der Waals surface area contributed by atoms with Crippen LogP contribution >= 0.6 is 11.6 Å². The van der Waals surface area contributed by atoms with Crippen LogP contribution in [0.4, 0.5) is 33.6 Å². The second-order valence-electron chi connectivity index (χ2n) is 8.99. The summed E-state index contributed by atoms with van der Waals surface area (Å²) in [5.41, 5.74) is 3.49. The van der Waals surface area contributed by atoms with Crippen molar-refractivity contribution in [2.75, 3.05) is 22.1 Å². The number of hydrogen-bond donors (Lipinski definition) is 2. The van der Waals surface area contributed by atoms with Gasteiger partial charge in [0.15, 0.2) is 5.15 Å². The normalized spacial score (nSPS) is 13.4. The predicted molar refractivity (Wildman–Crippen MR) is 152 cm³/mol. The molecule has 5 rings (SSSR count). The third-order valence-electron chi connectivity index (χ3n) is 6.10. The summed E-state index contributed by atoms with van der Waals surface area (Å²) in [6, 6.07) is 16.7. The standard InChI is InChI=1S/C28H27ClN8O2/c1-3-8-24(38)31-21-11-7-12-22(15-21)37-26-20(13-14-36(28(37)39)17-19-9-5-4-6-10-19)16-30-27(33-26)32-23-18-35(2)34-25(23)29/h3-12,15-16,18H,13-14,17H2,1-2H3,(H,31,38)(H,30,32,33)/b8-3+. The lowest BCUT2D eigenvalue weighted by Gasteiger charge is -2.28. The van der Waals surface area contributed by atoms with E-state index in [-0.39, 0.29) is 23.0 Å². The Balaban J connectivity index is 1.55. The van der Waals surface area contributed by atoms with Gasteiger partial charge in [0.25, 0.3) is 0 Å². The van der Waals surface area contributed by atoms with Gasteiger partial charge in [0.2, 0.25) is 11.9 Å². The Bertz CT molecular complexity index is 1540. The van der Waals surface area contributed by atoms with E-state index in [0.29, 0.717) is 42.4 Å². The topological polar surface area (TPSA) is 108 Å². The van der Waals surface area contributed by atoms with Crippen LogP contribution in [0.15, 0.2) is 79.1 Å². The number of halogens is 1. The fourth-order valence-corrected chi connectivity index (χ4v) is 4.53. The Morgan fingerprint density at radius 3 is 2.72 bits per heavy atom. The SMILES string of the molecule is C/C=C/C(=O)Nc1cccc(N2C(=O)N(Cc3ccccc3)CCc3cnc(Nc4cn(C)nc4Cl)nc32)c1. The lowest BCUT2D eigenvalue weighted by Crippen LogP contribution is -2.40. The summed E-state index contributed by atoms with van der Waals surface area (Å²) in [6.07, 6.45) is 7.11. The Labute approximate surface area is 230 Å². The Morgan fingerprint density at radius 1 is 1.15 bits per heavy atom. The number of urea groups is 1. The van der Waals surface area contributed by atoms with Crippen LogP contribution in [-0.4, -0.2) is 43.1 Å². The molecule has 0 aliphatic carbocycles. The van der Waals surface area contributed by atoms with E-state index in [0.717, 1.165) is 11.1 Å². The molecule has 11 heteroatoms. The van der Waals surface area contributed by atoms with Crippen molar-refractivity contribution in [2.24, 2.45) is 7.05 Å². The van der Waals surface area contributed by atoms with E-state index >= 15 is 0 Å². The molecule has 39 heavy (non-hydrogen) atoms. The van der Waals surface area contributed by atoms with E-state index in [1.807, 2.05) is 36.4 Å². The molecule has 0 fully saturated rings. The summed E-state index contributed by atoms with van der Waals surface area (Å²) < 4.78 is 1.58. The molecule has 4 aromatic rings. The van der Waals surface area contributed by atoms with Gasteiger partial charge >= 0.3 is 6.03 Å². The average Bonchev–Trinajstić information content (AvgIpc) is 3.16. The molecule has 0 unspecified atom stereocenters. The van der Waals surface area contributed by atoms with Gasteiger partial charge in [-0.1, -0.05) is 54.1 Å². The quantitative estimate of drug-likeness (QED) is 0.301. The van der Waals surface area contributed by atoms with Crippen molar-refractivity contribution in [1.29, 1.82) is 0 Å². The summed E-state index contributed by atoms with van der Waals surface area (Å²) >= 11 is 6.23. The lowest BCUT2D eigenvalue weighted by atomic mass is 10.2. The molecule has 1 aliphatic rings. The van der Waals surface area contributed by atoms with Crippen LogP contribution in [0.5, 0.6) is 0 Å². The molecule has 2 N–H and O–H groups in total. The lowest BCUT2D eigenvalue weighted by molar-refractivity contribution is -0.111. The molecule has 0 spiro atoms. The number of anilines is 5. The summed E-state index contributed by atoms with van der Waals surface area (Å²) in [7, 11) is 1.76. The van der Waals surface area contributed by atoms with Gasteiger partial charge in [0, 0.05) is 43.8 Å². The molecule has 3 amide bonds. The molecule has 1 aliphatic heterocycles.